The molecule has 5 rings (SSSR count). The van der Waals surface area contributed by atoms with Gasteiger partial charge in [-0.3, -0.25) is 14.5 Å². The SMILES string of the molecule is CCOc1ccc(CNC(=O)C(=Cc2ccc(OC)cc2)[C@H](Cc2ccccc2)C(=O)N2CCN(Cc3ccccc3)CC2)cc1. The second kappa shape index (κ2) is 16.4. The Morgan fingerprint density at radius 3 is 1.98 bits per heavy atom. The van der Waals surface area contributed by atoms with Gasteiger partial charge in [-0.2, -0.15) is 0 Å². The normalized spacial score (nSPS) is 14.4. The number of hydrogen-bond donors (Lipinski definition) is 1. The number of carbonyl (C=O) groups is 2. The molecule has 238 valence electrons. The second-order valence-electron chi connectivity index (χ2n) is 11.5. The van der Waals surface area contributed by atoms with E-state index in [1.165, 1.54) is 5.56 Å². The van der Waals surface area contributed by atoms with E-state index in [0.717, 1.165) is 47.8 Å². The van der Waals surface area contributed by atoms with Gasteiger partial charge in [0.2, 0.25) is 11.8 Å². The predicted octanol–water partition coefficient (Wildman–Crippen LogP) is 6.00. The molecule has 1 aliphatic heterocycles. The Bertz CT molecular complexity index is 1560. The molecule has 1 heterocycles. The number of rotatable bonds is 13. The van der Waals surface area contributed by atoms with Gasteiger partial charge >= 0.3 is 0 Å². The molecule has 0 radical (unpaired) electrons. The summed E-state index contributed by atoms with van der Waals surface area (Å²) >= 11 is 0. The zero-order chi connectivity index (χ0) is 32.1. The van der Waals surface area contributed by atoms with E-state index in [1.54, 1.807) is 7.11 Å². The largest absolute Gasteiger partial charge is 0.497 e. The number of ether oxygens (including phenoxy) is 2. The molecule has 4 aromatic rings. The van der Waals surface area contributed by atoms with E-state index in [1.807, 2.05) is 103 Å². The lowest BCUT2D eigenvalue weighted by Crippen LogP contribution is -2.51. The molecule has 0 saturated carbocycles. The summed E-state index contributed by atoms with van der Waals surface area (Å²) in [5.74, 6) is 0.561. The van der Waals surface area contributed by atoms with Gasteiger partial charge in [0.1, 0.15) is 11.5 Å². The molecule has 1 saturated heterocycles. The lowest BCUT2D eigenvalue weighted by atomic mass is 9.88. The van der Waals surface area contributed by atoms with Crippen LogP contribution in [0.5, 0.6) is 11.5 Å². The van der Waals surface area contributed by atoms with Gasteiger partial charge in [0.15, 0.2) is 0 Å². The summed E-state index contributed by atoms with van der Waals surface area (Å²) in [6.07, 6.45) is 2.27. The van der Waals surface area contributed by atoms with Crippen molar-refractivity contribution in [2.75, 3.05) is 39.9 Å². The standard InChI is InChI=1S/C39H43N3O4/c1-3-46-35-20-16-32(17-21-35)28-40-38(43)36(26-31-14-18-34(45-2)19-15-31)37(27-30-10-6-4-7-11-30)39(44)42-24-22-41(23-25-42)29-33-12-8-5-9-13-33/h4-21,26,37H,3,22-25,27-29H2,1-2H3,(H,40,43)/t37-/m0/s1. The molecule has 46 heavy (non-hydrogen) atoms. The highest BCUT2D eigenvalue weighted by molar-refractivity contribution is 6.04. The number of nitrogens with one attached hydrogen (secondary N) is 1. The van der Waals surface area contributed by atoms with Gasteiger partial charge in [0.25, 0.3) is 0 Å². The number of hydrogen-bond acceptors (Lipinski definition) is 5. The first-order valence-corrected chi connectivity index (χ1v) is 16.0. The maximum absolute atomic E-state index is 14.4. The number of carbonyl (C=O) groups excluding carboxylic acids is 2. The molecule has 1 aliphatic rings. The Labute approximate surface area is 272 Å². The van der Waals surface area contributed by atoms with E-state index >= 15 is 0 Å². The zero-order valence-electron chi connectivity index (χ0n) is 26.7. The smallest absolute Gasteiger partial charge is 0.248 e. The number of piperazine rings is 1. The van der Waals surface area contributed by atoms with Gasteiger partial charge in [0, 0.05) is 44.8 Å². The van der Waals surface area contributed by atoms with Crippen LogP contribution in [-0.4, -0.2) is 61.5 Å². The molecule has 1 N–H and O–H groups in total. The van der Waals surface area contributed by atoms with Crippen LogP contribution in [0.4, 0.5) is 0 Å². The summed E-state index contributed by atoms with van der Waals surface area (Å²) in [7, 11) is 1.62. The van der Waals surface area contributed by atoms with E-state index in [0.29, 0.717) is 38.2 Å². The minimum Gasteiger partial charge on any atom is -0.497 e. The predicted molar refractivity (Wildman–Crippen MR) is 182 cm³/mol. The lowest BCUT2D eigenvalue weighted by molar-refractivity contribution is -0.137. The molecule has 7 heteroatoms. The Morgan fingerprint density at radius 1 is 0.761 bits per heavy atom. The van der Waals surface area contributed by atoms with Crippen LogP contribution in [0.25, 0.3) is 6.08 Å². The van der Waals surface area contributed by atoms with E-state index in [4.69, 9.17) is 9.47 Å². The fourth-order valence-corrected chi connectivity index (χ4v) is 5.73. The minimum atomic E-state index is -0.662. The van der Waals surface area contributed by atoms with Crippen molar-refractivity contribution in [2.24, 2.45) is 5.92 Å². The van der Waals surface area contributed by atoms with Crippen LogP contribution >= 0.6 is 0 Å². The topological polar surface area (TPSA) is 71.1 Å². The molecule has 4 aromatic carbocycles. The summed E-state index contributed by atoms with van der Waals surface area (Å²) in [6, 6.07) is 35.6. The minimum absolute atomic E-state index is 0.0285. The van der Waals surface area contributed by atoms with Gasteiger partial charge in [0.05, 0.1) is 19.6 Å². The average molecular weight is 618 g/mol. The quantitative estimate of drug-likeness (QED) is 0.187. The van der Waals surface area contributed by atoms with Crippen LogP contribution in [-0.2, 0) is 29.1 Å². The van der Waals surface area contributed by atoms with Gasteiger partial charge in [-0.15, -0.1) is 0 Å². The molecule has 0 bridgehead atoms. The molecule has 0 spiro atoms. The van der Waals surface area contributed by atoms with E-state index in [2.05, 4.69) is 34.5 Å². The zero-order valence-corrected chi connectivity index (χ0v) is 26.7. The van der Waals surface area contributed by atoms with Crippen molar-refractivity contribution < 1.29 is 19.1 Å². The fourth-order valence-electron chi connectivity index (χ4n) is 5.73. The van der Waals surface area contributed by atoms with Crippen LogP contribution in [0.3, 0.4) is 0 Å². The first-order chi connectivity index (χ1) is 22.5. The Morgan fingerprint density at radius 2 is 1.37 bits per heavy atom. The monoisotopic (exact) mass is 617 g/mol. The highest BCUT2D eigenvalue weighted by Crippen LogP contribution is 2.25. The average Bonchev–Trinajstić information content (AvgIpc) is 3.10. The van der Waals surface area contributed by atoms with Crippen molar-refractivity contribution in [1.82, 2.24) is 15.1 Å². The summed E-state index contributed by atoms with van der Waals surface area (Å²) in [4.78, 5) is 32.8. The first-order valence-electron chi connectivity index (χ1n) is 16.0. The molecule has 0 unspecified atom stereocenters. The van der Waals surface area contributed by atoms with Crippen molar-refractivity contribution in [3.05, 3.63) is 137 Å². The molecule has 1 atom stereocenters. The van der Waals surface area contributed by atoms with Gasteiger partial charge in [-0.05, 0) is 65.9 Å². The Balaban J connectivity index is 1.40. The van der Waals surface area contributed by atoms with Crippen LogP contribution < -0.4 is 14.8 Å². The van der Waals surface area contributed by atoms with Crippen molar-refractivity contribution in [3.63, 3.8) is 0 Å². The number of benzene rings is 4. The lowest BCUT2D eigenvalue weighted by Gasteiger charge is -2.37. The van der Waals surface area contributed by atoms with Crippen LogP contribution in [0.15, 0.2) is 115 Å². The molecule has 0 aliphatic carbocycles. The van der Waals surface area contributed by atoms with Crippen LogP contribution in [0, 0.1) is 5.92 Å². The van der Waals surface area contributed by atoms with E-state index in [-0.39, 0.29) is 11.8 Å². The number of amides is 2. The molecule has 0 aromatic heterocycles. The van der Waals surface area contributed by atoms with Crippen LogP contribution in [0.1, 0.15) is 29.2 Å². The Hall–Kier alpha value is -4.88. The summed E-state index contributed by atoms with van der Waals surface area (Å²) in [5, 5.41) is 3.10. The third-order valence-corrected chi connectivity index (χ3v) is 8.28. The molecular weight excluding hydrogens is 574 g/mol. The summed E-state index contributed by atoms with van der Waals surface area (Å²) in [6.45, 7) is 6.50. The van der Waals surface area contributed by atoms with Crippen molar-refractivity contribution in [2.45, 2.75) is 26.4 Å². The maximum atomic E-state index is 14.4. The third kappa shape index (κ3) is 9.08. The van der Waals surface area contributed by atoms with Gasteiger partial charge < -0.3 is 19.7 Å². The van der Waals surface area contributed by atoms with Gasteiger partial charge in [-0.25, -0.2) is 0 Å². The fraction of sp³-hybridized carbons (Fsp3) is 0.282. The van der Waals surface area contributed by atoms with E-state index in [9.17, 15) is 9.59 Å². The highest BCUT2D eigenvalue weighted by Gasteiger charge is 2.33. The number of methoxy groups -OCH3 is 1. The van der Waals surface area contributed by atoms with Crippen molar-refractivity contribution in [3.8, 4) is 11.5 Å². The van der Waals surface area contributed by atoms with E-state index < -0.39 is 5.92 Å². The molecule has 7 nitrogen and oxygen atoms in total. The molecular formula is C39H43N3O4. The number of nitrogens with zero attached hydrogens (tertiary/aromatic N) is 2. The van der Waals surface area contributed by atoms with Crippen molar-refractivity contribution in [1.29, 1.82) is 0 Å². The van der Waals surface area contributed by atoms with Crippen LogP contribution in [0.2, 0.25) is 0 Å². The molecule has 1 fully saturated rings. The van der Waals surface area contributed by atoms with Gasteiger partial charge in [-0.1, -0.05) is 84.9 Å². The third-order valence-electron chi connectivity index (χ3n) is 8.28. The highest BCUT2D eigenvalue weighted by atomic mass is 16.5. The summed E-state index contributed by atoms with van der Waals surface area (Å²) in [5.41, 5.74) is 4.48. The second-order valence-corrected chi connectivity index (χ2v) is 11.5. The Kier molecular flexibility index (Phi) is 11.6. The summed E-state index contributed by atoms with van der Waals surface area (Å²) < 4.78 is 10.9. The first kappa shape index (κ1) is 32.5. The molecule has 2 amide bonds. The maximum Gasteiger partial charge on any atom is 0.248 e. The van der Waals surface area contributed by atoms with Crippen molar-refractivity contribution >= 4 is 17.9 Å².